The summed E-state index contributed by atoms with van der Waals surface area (Å²) in [5, 5.41) is 10.2. The highest BCUT2D eigenvalue weighted by molar-refractivity contribution is 7.91. The van der Waals surface area contributed by atoms with Crippen molar-refractivity contribution in [1.29, 1.82) is 0 Å². The number of anilines is 1. The fourth-order valence-corrected chi connectivity index (χ4v) is 3.35. The van der Waals surface area contributed by atoms with Gasteiger partial charge in [0.1, 0.15) is 0 Å². The first kappa shape index (κ1) is 18.8. The molecule has 27 heavy (non-hydrogen) atoms. The molecule has 2 aromatic carbocycles. The molecule has 1 aromatic heterocycles. The van der Waals surface area contributed by atoms with Gasteiger partial charge in [0, 0.05) is 5.56 Å². The monoisotopic (exact) mass is 385 g/mol. The van der Waals surface area contributed by atoms with Crippen molar-refractivity contribution < 1.29 is 17.6 Å². The third-order valence-corrected chi connectivity index (χ3v) is 5.73. The Balaban J connectivity index is 1.71. The van der Waals surface area contributed by atoms with Crippen molar-refractivity contribution in [3.05, 3.63) is 71.1 Å². The summed E-state index contributed by atoms with van der Waals surface area (Å²) in [5.74, 6) is -0.186. The van der Waals surface area contributed by atoms with E-state index in [0.29, 0.717) is 12.3 Å². The van der Waals surface area contributed by atoms with Gasteiger partial charge in [-0.2, -0.15) is 0 Å². The molecule has 0 fully saturated rings. The number of aromatic nitrogens is 2. The molecule has 1 heterocycles. The van der Waals surface area contributed by atoms with E-state index in [2.05, 4.69) is 15.5 Å². The van der Waals surface area contributed by atoms with E-state index < -0.39 is 15.7 Å². The second kappa shape index (κ2) is 7.71. The van der Waals surface area contributed by atoms with Crippen molar-refractivity contribution >= 4 is 21.8 Å². The molecule has 0 bridgehead atoms. The predicted molar refractivity (Wildman–Crippen MR) is 100 cm³/mol. The summed E-state index contributed by atoms with van der Waals surface area (Å²) >= 11 is 0. The summed E-state index contributed by atoms with van der Waals surface area (Å²) in [6.45, 7) is 3.56. The molecule has 0 unspecified atom stereocenters. The van der Waals surface area contributed by atoms with Gasteiger partial charge in [0.25, 0.3) is 5.91 Å². The van der Waals surface area contributed by atoms with E-state index in [4.69, 9.17) is 4.42 Å². The van der Waals surface area contributed by atoms with Gasteiger partial charge in [0.2, 0.25) is 5.89 Å². The first-order valence-electron chi connectivity index (χ1n) is 8.39. The Morgan fingerprint density at radius 2 is 1.85 bits per heavy atom. The smallest absolute Gasteiger partial charge is 0.322 e. The lowest BCUT2D eigenvalue weighted by atomic mass is 10.1. The minimum atomic E-state index is -3.39. The Morgan fingerprint density at radius 3 is 2.56 bits per heavy atom. The number of carbonyl (C=O) groups is 1. The van der Waals surface area contributed by atoms with Crippen LogP contribution < -0.4 is 5.32 Å². The molecule has 140 valence electrons. The van der Waals surface area contributed by atoms with Crippen LogP contribution in [0.1, 0.15) is 34.3 Å². The molecule has 0 aliphatic carbocycles. The van der Waals surface area contributed by atoms with Gasteiger partial charge in [-0.15, -0.1) is 5.10 Å². The molecule has 3 aromatic rings. The normalized spacial score (nSPS) is 11.3. The maximum absolute atomic E-state index is 12.4. The van der Waals surface area contributed by atoms with Gasteiger partial charge in [0.05, 0.1) is 17.1 Å². The van der Waals surface area contributed by atoms with Crippen LogP contribution >= 0.6 is 0 Å². The fourth-order valence-electron chi connectivity index (χ4n) is 2.42. The topological polar surface area (TPSA) is 102 Å². The number of nitrogens with zero attached hydrogens (tertiary/aromatic N) is 2. The van der Waals surface area contributed by atoms with Gasteiger partial charge in [-0.3, -0.25) is 10.1 Å². The predicted octanol–water partition coefficient (Wildman–Crippen LogP) is 3.01. The van der Waals surface area contributed by atoms with Crippen molar-refractivity contribution in [3.63, 3.8) is 0 Å². The Bertz CT molecular complexity index is 1060. The van der Waals surface area contributed by atoms with E-state index in [9.17, 15) is 13.2 Å². The summed E-state index contributed by atoms with van der Waals surface area (Å²) < 4.78 is 29.4. The van der Waals surface area contributed by atoms with E-state index >= 15 is 0 Å². The largest absolute Gasteiger partial charge is 0.407 e. The molecule has 0 spiro atoms. The third-order valence-electron chi connectivity index (χ3n) is 4.00. The Morgan fingerprint density at radius 1 is 1.11 bits per heavy atom. The van der Waals surface area contributed by atoms with Crippen molar-refractivity contribution in [3.8, 4) is 0 Å². The number of sulfone groups is 1. The van der Waals surface area contributed by atoms with Crippen molar-refractivity contribution in [2.45, 2.75) is 25.2 Å². The Hall–Kier alpha value is -3.00. The summed E-state index contributed by atoms with van der Waals surface area (Å²) in [4.78, 5) is 12.5. The molecule has 0 radical (unpaired) electrons. The number of aryl methyl sites for hydroxylation is 1. The third kappa shape index (κ3) is 4.59. The quantitative estimate of drug-likeness (QED) is 0.700. The van der Waals surface area contributed by atoms with Crippen LogP contribution in [0.4, 0.5) is 6.01 Å². The van der Waals surface area contributed by atoms with E-state index in [-0.39, 0.29) is 22.2 Å². The van der Waals surface area contributed by atoms with E-state index in [1.165, 1.54) is 24.3 Å². The van der Waals surface area contributed by atoms with Crippen LogP contribution in [0.3, 0.4) is 0 Å². The number of rotatable bonds is 6. The molecule has 3 rings (SSSR count). The van der Waals surface area contributed by atoms with Crippen LogP contribution in [0, 0.1) is 6.92 Å². The van der Waals surface area contributed by atoms with Crippen LogP contribution in [0.2, 0.25) is 0 Å². The number of carbonyl (C=O) groups excluding carboxylic acids is 1. The highest BCUT2D eigenvalue weighted by Crippen LogP contribution is 2.16. The lowest BCUT2D eigenvalue weighted by molar-refractivity contribution is 0.102. The SMILES string of the molecule is CCS(=O)(=O)c1cccc(C(=O)Nc2nnc(Cc3ccc(C)cc3)o2)c1. The van der Waals surface area contributed by atoms with Gasteiger partial charge >= 0.3 is 6.01 Å². The molecular formula is C19H19N3O4S. The maximum atomic E-state index is 12.4. The lowest BCUT2D eigenvalue weighted by Gasteiger charge is -2.04. The van der Waals surface area contributed by atoms with E-state index in [0.717, 1.165) is 11.1 Å². The average molecular weight is 385 g/mol. The lowest BCUT2D eigenvalue weighted by Crippen LogP contribution is -2.13. The highest BCUT2D eigenvalue weighted by atomic mass is 32.2. The van der Waals surface area contributed by atoms with Gasteiger partial charge in [-0.1, -0.05) is 47.9 Å². The number of hydrogen-bond acceptors (Lipinski definition) is 6. The summed E-state index contributed by atoms with van der Waals surface area (Å²) in [6.07, 6.45) is 0.452. The van der Waals surface area contributed by atoms with Crippen molar-refractivity contribution in [1.82, 2.24) is 10.2 Å². The molecule has 0 saturated carbocycles. The van der Waals surface area contributed by atoms with E-state index in [1.807, 2.05) is 31.2 Å². The van der Waals surface area contributed by atoms with Crippen molar-refractivity contribution in [2.75, 3.05) is 11.1 Å². The zero-order chi connectivity index (χ0) is 19.4. The number of benzene rings is 2. The molecule has 7 nitrogen and oxygen atoms in total. The molecular weight excluding hydrogens is 366 g/mol. The number of amides is 1. The minimum Gasteiger partial charge on any atom is -0.407 e. The van der Waals surface area contributed by atoms with Crippen LogP contribution in [-0.4, -0.2) is 30.3 Å². The van der Waals surface area contributed by atoms with Gasteiger partial charge in [-0.05, 0) is 30.7 Å². The number of hydrogen-bond donors (Lipinski definition) is 1. The zero-order valence-electron chi connectivity index (χ0n) is 15.0. The Labute approximate surface area is 157 Å². The summed E-state index contributed by atoms with van der Waals surface area (Å²) in [6, 6.07) is 13.7. The van der Waals surface area contributed by atoms with Crippen LogP contribution in [0.25, 0.3) is 0 Å². The van der Waals surface area contributed by atoms with Gasteiger partial charge in [-0.25, -0.2) is 8.42 Å². The molecule has 1 amide bonds. The summed E-state index contributed by atoms with van der Waals surface area (Å²) in [7, 11) is -3.39. The van der Waals surface area contributed by atoms with Crippen LogP contribution in [0.5, 0.6) is 0 Å². The molecule has 0 aliphatic rings. The maximum Gasteiger partial charge on any atom is 0.322 e. The molecule has 0 saturated heterocycles. The summed E-state index contributed by atoms with van der Waals surface area (Å²) in [5.41, 5.74) is 2.37. The minimum absolute atomic E-state index is 0.0362. The first-order chi connectivity index (χ1) is 12.9. The molecule has 0 atom stereocenters. The molecule has 0 aliphatic heterocycles. The van der Waals surface area contributed by atoms with Gasteiger partial charge < -0.3 is 4.42 Å². The molecule has 8 heteroatoms. The number of nitrogens with one attached hydrogen (secondary N) is 1. The molecule has 1 N–H and O–H groups in total. The van der Waals surface area contributed by atoms with Gasteiger partial charge in [0.15, 0.2) is 9.84 Å². The second-order valence-corrected chi connectivity index (χ2v) is 8.33. The highest BCUT2D eigenvalue weighted by Gasteiger charge is 2.16. The first-order valence-corrected chi connectivity index (χ1v) is 10.0. The Kier molecular flexibility index (Phi) is 5.36. The standard InChI is InChI=1S/C19H19N3O4S/c1-3-27(24,25)16-6-4-5-15(12-16)18(23)20-19-22-21-17(26-19)11-14-9-7-13(2)8-10-14/h4-10,12H,3,11H2,1-2H3,(H,20,22,23). The van der Waals surface area contributed by atoms with Crippen LogP contribution in [-0.2, 0) is 16.3 Å². The van der Waals surface area contributed by atoms with Crippen LogP contribution in [0.15, 0.2) is 57.8 Å². The van der Waals surface area contributed by atoms with Crippen molar-refractivity contribution in [2.24, 2.45) is 0 Å². The average Bonchev–Trinajstić information content (AvgIpc) is 3.10. The zero-order valence-corrected chi connectivity index (χ0v) is 15.8. The fraction of sp³-hybridized carbons (Fsp3) is 0.211. The second-order valence-electron chi connectivity index (χ2n) is 6.05. The van der Waals surface area contributed by atoms with E-state index in [1.54, 1.807) is 6.92 Å².